The van der Waals surface area contributed by atoms with Gasteiger partial charge in [-0.2, -0.15) is 13.2 Å². The number of aliphatic hydroxyl groups is 1. The topological polar surface area (TPSA) is 62.2 Å². The van der Waals surface area contributed by atoms with E-state index in [4.69, 9.17) is 0 Å². The second-order valence-electron chi connectivity index (χ2n) is 7.33. The molecule has 2 aromatic carbocycles. The van der Waals surface area contributed by atoms with E-state index in [1.807, 2.05) is 43.5 Å². The van der Waals surface area contributed by atoms with E-state index < -0.39 is 17.9 Å². The molecule has 1 amide bonds. The minimum absolute atomic E-state index is 0.145. The van der Waals surface area contributed by atoms with Crippen molar-refractivity contribution in [3.63, 3.8) is 0 Å². The second kappa shape index (κ2) is 10.2. The highest BCUT2D eigenvalue weighted by atomic mass is 32.2. The number of carbonyl (C=O) groups excluding carboxylic acids is 1. The number of nitrogens with one attached hydrogen (secondary N) is 1. The summed E-state index contributed by atoms with van der Waals surface area (Å²) in [5, 5.41) is 12.2. The molecule has 0 unspecified atom stereocenters. The van der Waals surface area contributed by atoms with Crippen molar-refractivity contribution in [2.45, 2.75) is 30.5 Å². The number of hydrogen-bond donors (Lipinski definition) is 2. The first-order valence-electron chi connectivity index (χ1n) is 9.92. The van der Waals surface area contributed by atoms with Crippen LogP contribution in [0.15, 0.2) is 65.7 Å². The van der Waals surface area contributed by atoms with Gasteiger partial charge in [0.25, 0.3) is 5.91 Å². The van der Waals surface area contributed by atoms with Crippen LogP contribution in [-0.2, 0) is 6.18 Å². The molecule has 1 aromatic heterocycles. The standard InChI is InChI=1S/C24H23F3N2O2S/c1-15-3-5-16(6-4-15)18-11-19(13-20(12-18)32-2)23(31)29-21(9-10-30)17-7-8-22(28-14-17)24(25,26)27/h3-8,11-14,21,30H,9-10H2,1-2H3,(H,29,31)/t21-/m1/s1. The van der Waals surface area contributed by atoms with Gasteiger partial charge in [-0.15, -0.1) is 11.8 Å². The quantitative estimate of drug-likeness (QED) is 0.447. The molecule has 0 saturated carbocycles. The largest absolute Gasteiger partial charge is 0.433 e. The molecule has 0 bridgehead atoms. The van der Waals surface area contributed by atoms with Crippen molar-refractivity contribution in [3.8, 4) is 11.1 Å². The normalized spacial score (nSPS) is 12.4. The molecule has 32 heavy (non-hydrogen) atoms. The lowest BCUT2D eigenvalue weighted by Crippen LogP contribution is -2.29. The molecule has 0 saturated heterocycles. The Bertz CT molecular complexity index is 1070. The summed E-state index contributed by atoms with van der Waals surface area (Å²) in [4.78, 5) is 17.4. The number of amides is 1. The van der Waals surface area contributed by atoms with Crippen LogP contribution in [0.4, 0.5) is 13.2 Å². The van der Waals surface area contributed by atoms with E-state index >= 15 is 0 Å². The number of nitrogens with zero attached hydrogens (tertiary/aromatic N) is 1. The SMILES string of the molecule is CSc1cc(C(=O)N[C@H](CCO)c2ccc(C(F)(F)F)nc2)cc(-c2ccc(C)cc2)c1. The molecule has 2 N–H and O–H groups in total. The average Bonchev–Trinajstić information content (AvgIpc) is 2.78. The smallest absolute Gasteiger partial charge is 0.396 e. The summed E-state index contributed by atoms with van der Waals surface area (Å²) in [5.74, 6) is -0.382. The highest BCUT2D eigenvalue weighted by Gasteiger charge is 2.32. The number of hydrogen-bond acceptors (Lipinski definition) is 4. The Morgan fingerprint density at radius 1 is 1.09 bits per heavy atom. The van der Waals surface area contributed by atoms with Crippen molar-refractivity contribution in [1.82, 2.24) is 10.3 Å². The zero-order chi connectivity index (χ0) is 23.3. The number of halogens is 3. The molecule has 8 heteroatoms. The Morgan fingerprint density at radius 2 is 1.81 bits per heavy atom. The summed E-state index contributed by atoms with van der Waals surface area (Å²) < 4.78 is 38.4. The minimum Gasteiger partial charge on any atom is -0.396 e. The zero-order valence-electron chi connectivity index (χ0n) is 17.6. The number of benzene rings is 2. The molecule has 0 fully saturated rings. The summed E-state index contributed by atoms with van der Waals surface area (Å²) in [6.45, 7) is 1.75. The van der Waals surface area contributed by atoms with Gasteiger partial charge in [0.15, 0.2) is 0 Å². The number of thioether (sulfide) groups is 1. The molecule has 3 rings (SSSR count). The summed E-state index contributed by atoms with van der Waals surface area (Å²) in [6, 6.07) is 15.0. The summed E-state index contributed by atoms with van der Waals surface area (Å²) >= 11 is 1.51. The lowest BCUT2D eigenvalue weighted by molar-refractivity contribution is -0.141. The van der Waals surface area contributed by atoms with Gasteiger partial charge >= 0.3 is 6.18 Å². The molecule has 0 spiro atoms. The van der Waals surface area contributed by atoms with E-state index in [9.17, 15) is 23.1 Å². The van der Waals surface area contributed by atoms with E-state index in [2.05, 4.69) is 10.3 Å². The van der Waals surface area contributed by atoms with E-state index in [1.165, 1.54) is 17.8 Å². The first-order valence-corrected chi connectivity index (χ1v) is 11.1. The van der Waals surface area contributed by atoms with Crippen LogP contribution in [0.25, 0.3) is 11.1 Å². The minimum atomic E-state index is -4.54. The van der Waals surface area contributed by atoms with E-state index in [-0.39, 0.29) is 18.9 Å². The van der Waals surface area contributed by atoms with Crippen LogP contribution < -0.4 is 5.32 Å². The predicted octanol–water partition coefficient (Wildman–Crippen LogP) is 5.65. The number of aliphatic hydroxyl groups excluding tert-OH is 1. The average molecular weight is 461 g/mol. The predicted molar refractivity (Wildman–Crippen MR) is 120 cm³/mol. The number of aryl methyl sites for hydroxylation is 1. The second-order valence-corrected chi connectivity index (χ2v) is 8.21. The third kappa shape index (κ3) is 5.89. The Hall–Kier alpha value is -2.84. The van der Waals surface area contributed by atoms with Gasteiger partial charge in [0.1, 0.15) is 5.69 Å². The molecule has 0 aliphatic rings. The maximum atomic E-state index is 13.0. The van der Waals surface area contributed by atoms with Gasteiger partial charge in [-0.1, -0.05) is 35.9 Å². The van der Waals surface area contributed by atoms with E-state index in [1.54, 1.807) is 12.1 Å². The van der Waals surface area contributed by atoms with Crippen molar-refractivity contribution in [3.05, 3.63) is 83.2 Å². The van der Waals surface area contributed by atoms with E-state index in [0.717, 1.165) is 33.8 Å². The summed E-state index contributed by atoms with van der Waals surface area (Å²) in [7, 11) is 0. The van der Waals surface area contributed by atoms with Crippen LogP contribution in [0.5, 0.6) is 0 Å². The Balaban J connectivity index is 1.87. The fourth-order valence-electron chi connectivity index (χ4n) is 3.23. The number of aromatic nitrogens is 1. The van der Waals surface area contributed by atoms with Gasteiger partial charge in [0.2, 0.25) is 0 Å². The zero-order valence-corrected chi connectivity index (χ0v) is 18.4. The monoisotopic (exact) mass is 460 g/mol. The maximum Gasteiger partial charge on any atom is 0.433 e. The van der Waals surface area contributed by atoms with E-state index in [0.29, 0.717) is 11.1 Å². The maximum absolute atomic E-state index is 13.0. The number of alkyl halides is 3. The first kappa shape index (κ1) is 23.8. The van der Waals surface area contributed by atoms with Gasteiger partial charge < -0.3 is 10.4 Å². The molecule has 168 valence electrons. The molecule has 3 aromatic rings. The van der Waals surface area contributed by atoms with Gasteiger partial charge in [0.05, 0.1) is 6.04 Å². The van der Waals surface area contributed by atoms with Crippen molar-refractivity contribution < 1.29 is 23.1 Å². The van der Waals surface area contributed by atoms with Crippen molar-refractivity contribution in [2.75, 3.05) is 12.9 Å². The number of rotatable bonds is 7. The van der Waals surface area contributed by atoms with Crippen LogP contribution in [0, 0.1) is 6.92 Å². The Labute approximate surface area is 188 Å². The summed E-state index contributed by atoms with van der Waals surface area (Å²) in [6.07, 6.45) is -1.40. The van der Waals surface area contributed by atoms with Crippen molar-refractivity contribution in [2.24, 2.45) is 0 Å². The third-order valence-corrected chi connectivity index (χ3v) is 5.70. The van der Waals surface area contributed by atoms with Gasteiger partial charge in [0, 0.05) is 23.3 Å². The molecule has 0 aliphatic carbocycles. The van der Waals surface area contributed by atoms with Crippen LogP contribution in [0.1, 0.15) is 39.6 Å². The molecule has 1 heterocycles. The molecule has 1 atom stereocenters. The highest BCUT2D eigenvalue weighted by Crippen LogP contribution is 2.29. The van der Waals surface area contributed by atoms with Crippen LogP contribution in [0.2, 0.25) is 0 Å². The number of carbonyl (C=O) groups is 1. The fraction of sp³-hybridized carbons (Fsp3) is 0.250. The van der Waals surface area contributed by atoms with Crippen LogP contribution in [0.3, 0.4) is 0 Å². The molecule has 0 radical (unpaired) electrons. The van der Waals surface area contributed by atoms with Crippen molar-refractivity contribution in [1.29, 1.82) is 0 Å². The number of pyridine rings is 1. The van der Waals surface area contributed by atoms with Crippen LogP contribution in [-0.4, -0.2) is 28.9 Å². The Kier molecular flexibility index (Phi) is 7.58. The highest BCUT2D eigenvalue weighted by molar-refractivity contribution is 7.98. The summed E-state index contributed by atoms with van der Waals surface area (Å²) in [5.41, 5.74) is 2.79. The molecular weight excluding hydrogens is 437 g/mol. The lowest BCUT2D eigenvalue weighted by atomic mass is 10.0. The van der Waals surface area contributed by atoms with Gasteiger partial charge in [-0.05, 0) is 60.6 Å². The van der Waals surface area contributed by atoms with Gasteiger partial charge in [-0.3, -0.25) is 9.78 Å². The lowest BCUT2D eigenvalue weighted by Gasteiger charge is -2.19. The van der Waals surface area contributed by atoms with Gasteiger partial charge in [-0.25, -0.2) is 0 Å². The van der Waals surface area contributed by atoms with Crippen molar-refractivity contribution >= 4 is 17.7 Å². The molecule has 0 aliphatic heterocycles. The fourth-order valence-corrected chi connectivity index (χ4v) is 3.72. The molecular formula is C24H23F3N2O2S. The third-order valence-electron chi connectivity index (χ3n) is 4.99. The molecule has 4 nitrogen and oxygen atoms in total. The van der Waals surface area contributed by atoms with Crippen LogP contribution >= 0.6 is 11.8 Å². The first-order chi connectivity index (χ1) is 15.2. The Morgan fingerprint density at radius 3 is 2.38 bits per heavy atom.